The van der Waals surface area contributed by atoms with Crippen LogP contribution in [0.2, 0.25) is 0 Å². The lowest BCUT2D eigenvalue weighted by Gasteiger charge is -2.05. The van der Waals surface area contributed by atoms with E-state index < -0.39 is 0 Å². The molecule has 0 aliphatic rings. The van der Waals surface area contributed by atoms with Crippen LogP contribution in [-0.2, 0) is 4.74 Å². The van der Waals surface area contributed by atoms with Gasteiger partial charge in [-0.05, 0) is 35.4 Å². The zero-order valence-electron chi connectivity index (χ0n) is 8.84. The first-order chi connectivity index (χ1) is 7.83. The van der Waals surface area contributed by atoms with Crippen molar-refractivity contribution in [3.63, 3.8) is 0 Å². The van der Waals surface area contributed by atoms with Gasteiger partial charge >= 0.3 is 5.97 Å². The van der Waals surface area contributed by atoms with Crippen molar-refractivity contribution >= 4 is 17.3 Å². The molecular formula is C12H11NO2S. The number of esters is 1. The van der Waals surface area contributed by atoms with Crippen LogP contribution in [0.25, 0.3) is 11.1 Å². The maximum absolute atomic E-state index is 11.7. The van der Waals surface area contributed by atoms with Crippen LogP contribution in [0.15, 0.2) is 35.2 Å². The van der Waals surface area contributed by atoms with Crippen LogP contribution < -0.4 is 0 Å². The van der Waals surface area contributed by atoms with Crippen molar-refractivity contribution < 1.29 is 9.53 Å². The van der Waals surface area contributed by atoms with E-state index >= 15 is 0 Å². The lowest BCUT2D eigenvalue weighted by atomic mass is 10.1. The highest BCUT2D eigenvalue weighted by Crippen LogP contribution is 2.24. The Balaban J connectivity index is 2.42. The molecule has 0 spiro atoms. The Hall–Kier alpha value is -1.68. The fourth-order valence-corrected chi connectivity index (χ4v) is 2.07. The molecule has 0 radical (unpaired) electrons. The number of nitrogens with zero attached hydrogens (tertiary/aromatic N) is 1. The SMILES string of the molecule is CCOC(=O)c1ncccc1-c1ccsc1. The van der Waals surface area contributed by atoms with Crippen molar-refractivity contribution in [3.05, 3.63) is 40.8 Å². The number of carbonyl (C=O) groups is 1. The first-order valence-corrected chi connectivity index (χ1v) is 5.92. The molecule has 0 fully saturated rings. The summed E-state index contributed by atoms with van der Waals surface area (Å²) in [4.78, 5) is 15.8. The first kappa shape index (κ1) is 10.8. The van der Waals surface area contributed by atoms with Gasteiger partial charge in [0.25, 0.3) is 0 Å². The largest absolute Gasteiger partial charge is 0.461 e. The average molecular weight is 233 g/mol. The van der Waals surface area contributed by atoms with Gasteiger partial charge in [-0.15, -0.1) is 0 Å². The van der Waals surface area contributed by atoms with E-state index in [0.29, 0.717) is 12.3 Å². The van der Waals surface area contributed by atoms with Crippen LogP contribution in [0.4, 0.5) is 0 Å². The predicted molar refractivity (Wildman–Crippen MR) is 63.5 cm³/mol. The molecule has 0 amide bonds. The Morgan fingerprint density at radius 1 is 1.50 bits per heavy atom. The predicted octanol–water partition coefficient (Wildman–Crippen LogP) is 2.99. The smallest absolute Gasteiger partial charge is 0.357 e. The second-order valence-corrected chi connectivity index (χ2v) is 3.91. The molecule has 0 unspecified atom stereocenters. The minimum atomic E-state index is -0.371. The molecule has 16 heavy (non-hydrogen) atoms. The summed E-state index contributed by atoms with van der Waals surface area (Å²) >= 11 is 1.59. The summed E-state index contributed by atoms with van der Waals surface area (Å²) in [5.41, 5.74) is 2.20. The van der Waals surface area contributed by atoms with Gasteiger partial charge in [0, 0.05) is 11.8 Å². The van der Waals surface area contributed by atoms with Gasteiger partial charge in [0.2, 0.25) is 0 Å². The number of hydrogen-bond acceptors (Lipinski definition) is 4. The number of hydrogen-bond donors (Lipinski definition) is 0. The summed E-state index contributed by atoms with van der Waals surface area (Å²) in [6.45, 7) is 2.14. The van der Waals surface area contributed by atoms with Gasteiger partial charge in [-0.25, -0.2) is 9.78 Å². The standard InChI is InChI=1S/C12H11NO2S/c1-2-15-12(14)11-10(4-3-6-13-11)9-5-7-16-8-9/h3-8H,2H2,1H3. The van der Waals surface area contributed by atoms with E-state index in [9.17, 15) is 4.79 Å². The maximum atomic E-state index is 11.7. The summed E-state index contributed by atoms with van der Waals surface area (Å²) in [7, 11) is 0. The fraction of sp³-hybridized carbons (Fsp3) is 0.167. The number of pyridine rings is 1. The number of thiophene rings is 1. The lowest BCUT2D eigenvalue weighted by molar-refractivity contribution is 0.0520. The third-order valence-electron chi connectivity index (χ3n) is 2.11. The molecule has 0 aromatic carbocycles. The second-order valence-electron chi connectivity index (χ2n) is 3.13. The van der Waals surface area contributed by atoms with Gasteiger partial charge in [-0.3, -0.25) is 0 Å². The lowest BCUT2D eigenvalue weighted by Crippen LogP contribution is -2.08. The average Bonchev–Trinajstić information content (AvgIpc) is 2.83. The maximum Gasteiger partial charge on any atom is 0.357 e. The first-order valence-electron chi connectivity index (χ1n) is 4.97. The van der Waals surface area contributed by atoms with Gasteiger partial charge < -0.3 is 4.74 Å². The number of carbonyl (C=O) groups excluding carboxylic acids is 1. The van der Waals surface area contributed by atoms with Crippen LogP contribution in [-0.4, -0.2) is 17.6 Å². The molecule has 0 N–H and O–H groups in total. The number of ether oxygens (including phenoxy) is 1. The highest BCUT2D eigenvalue weighted by atomic mass is 32.1. The summed E-state index contributed by atoms with van der Waals surface area (Å²) in [5, 5.41) is 3.96. The van der Waals surface area contributed by atoms with Crippen molar-refractivity contribution in [3.8, 4) is 11.1 Å². The Morgan fingerprint density at radius 3 is 3.06 bits per heavy atom. The topological polar surface area (TPSA) is 39.2 Å². The zero-order chi connectivity index (χ0) is 11.4. The molecule has 0 saturated carbocycles. The third kappa shape index (κ3) is 2.12. The minimum absolute atomic E-state index is 0.360. The van der Waals surface area contributed by atoms with Gasteiger partial charge in [0.15, 0.2) is 5.69 Å². The van der Waals surface area contributed by atoms with E-state index in [2.05, 4.69) is 4.98 Å². The highest BCUT2D eigenvalue weighted by Gasteiger charge is 2.14. The van der Waals surface area contributed by atoms with Crippen LogP contribution in [0.3, 0.4) is 0 Å². The highest BCUT2D eigenvalue weighted by molar-refractivity contribution is 7.08. The Bertz CT molecular complexity index is 480. The molecule has 0 atom stereocenters. The van der Waals surface area contributed by atoms with E-state index in [-0.39, 0.29) is 5.97 Å². The fourth-order valence-electron chi connectivity index (χ4n) is 1.42. The van der Waals surface area contributed by atoms with Crippen LogP contribution in [0.5, 0.6) is 0 Å². The van der Waals surface area contributed by atoms with Crippen molar-refractivity contribution in [1.82, 2.24) is 4.98 Å². The van der Waals surface area contributed by atoms with E-state index in [1.807, 2.05) is 29.0 Å². The van der Waals surface area contributed by atoms with E-state index in [1.54, 1.807) is 24.5 Å². The summed E-state index contributed by atoms with van der Waals surface area (Å²) in [6.07, 6.45) is 1.60. The molecule has 0 saturated heterocycles. The van der Waals surface area contributed by atoms with E-state index in [4.69, 9.17) is 4.74 Å². The molecule has 0 aliphatic heterocycles. The molecular weight excluding hydrogens is 222 g/mol. The normalized spacial score (nSPS) is 10.1. The molecule has 0 bridgehead atoms. The molecule has 2 aromatic heterocycles. The Morgan fingerprint density at radius 2 is 2.38 bits per heavy atom. The van der Waals surface area contributed by atoms with Crippen LogP contribution in [0.1, 0.15) is 17.4 Å². The second kappa shape index (κ2) is 4.90. The minimum Gasteiger partial charge on any atom is -0.461 e. The Labute approximate surface area is 97.7 Å². The molecule has 2 rings (SSSR count). The number of aromatic nitrogens is 1. The van der Waals surface area contributed by atoms with Crippen LogP contribution >= 0.6 is 11.3 Å². The molecule has 3 nitrogen and oxygen atoms in total. The summed E-state index contributed by atoms with van der Waals surface area (Å²) < 4.78 is 4.97. The van der Waals surface area contributed by atoms with E-state index in [1.165, 1.54) is 0 Å². The zero-order valence-corrected chi connectivity index (χ0v) is 9.66. The van der Waals surface area contributed by atoms with Crippen molar-refractivity contribution in [2.45, 2.75) is 6.92 Å². The Kier molecular flexibility index (Phi) is 3.31. The van der Waals surface area contributed by atoms with Gasteiger partial charge in [0.1, 0.15) is 0 Å². The summed E-state index contributed by atoms with van der Waals surface area (Å²) in [6, 6.07) is 5.65. The van der Waals surface area contributed by atoms with Gasteiger partial charge in [0.05, 0.1) is 6.61 Å². The van der Waals surface area contributed by atoms with Crippen molar-refractivity contribution in [2.24, 2.45) is 0 Å². The van der Waals surface area contributed by atoms with E-state index in [0.717, 1.165) is 11.1 Å². The van der Waals surface area contributed by atoms with Crippen LogP contribution in [0, 0.1) is 0 Å². The van der Waals surface area contributed by atoms with Crippen molar-refractivity contribution in [1.29, 1.82) is 0 Å². The van der Waals surface area contributed by atoms with Gasteiger partial charge in [-0.2, -0.15) is 11.3 Å². The monoisotopic (exact) mass is 233 g/mol. The quantitative estimate of drug-likeness (QED) is 0.765. The molecule has 2 aromatic rings. The molecule has 2 heterocycles. The molecule has 4 heteroatoms. The molecule has 82 valence electrons. The third-order valence-corrected chi connectivity index (χ3v) is 2.79. The van der Waals surface area contributed by atoms with Gasteiger partial charge in [-0.1, -0.05) is 6.07 Å². The number of rotatable bonds is 3. The van der Waals surface area contributed by atoms with Crippen molar-refractivity contribution in [2.75, 3.05) is 6.61 Å². The summed E-state index contributed by atoms with van der Waals surface area (Å²) in [5.74, 6) is -0.371. The molecule has 0 aliphatic carbocycles.